The number of piperidine rings is 1. The molecule has 1 aromatic rings. The third kappa shape index (κ3) is 2.69. The second-order valence-corrected chi connectivity index (χ2v) is 4.71. The van der Waals surface area contributed by atoms with Crippen molar-refractivity contribution in [3.8, 4) is 0 Å². The summed E-state index contributed by atoms with van der Waals surface area (Å²) < 4.78 is 0. The van der Waals surface area contributed by atoms with Crippen molar-refractivity contribution in [1.82, 2.24) is 9.88 Å². The van der Waals surface area contributed by atoms with Crippen molar-refractivity contribution in [2.75, 3.05) is 18.9 Å². The lowest BCUT2D eigenvalue weighted by molar-refractivity contribution is -0.385. The van der Waals surface area contributed by atoms with Crippen molar-refractivity contribution in [1.29, 1.82) is 0 Å². The number of hydrogen-bond donors (Lipinski definition) is 2. The first kappa shape index (κ1) is 14.2. The van der Waals surface area contributed by atoms with Gasteiger partial charge in [0.2, 0.25) is 0 Å². The van der Waals surface area contributed by atoms with E-state index in [0.29, 0.717) is 13.0 Å². The van der Waals surface area contributed by atoms with Crippen molar-refractivity contribution in [2.24, 2.45) is 0 Å². The average molecular weight is 280 g/mol. The number of nitro groups is 1. The topological polar surface area (TPSA) is 123 Å². The summed E-state index contributed by atoms with van der Waals surface area (Å²) in [6.07, 6.45) is 3.51. The van der Waals surface area contributed by atoms with E-state index in [1.165, 1.54) is 4.90 Å². The Labute approximate surface area is 115 Å². The van der Waals surface area contributed by atoms with Gasteiger partial charge in [-0.15, -0.1) is 0 Å². The molecule has 3 N–H and O–H groups in total. The summed E-state index contributed by atoms with van der Waals surface area (Å²) in [5.74, 6) is -0.458. The van der Waals surface area contributed by atoms with Crippen LogP contribution in [0, 0.1) is 10.1 Å². The van der Waals surface area contributed by atoms with Crippen molar-refractivity contribution >= 4 is 17.4 Å². The Balaban J connectivity index is 2.32. The van der Waals surface area contributed by atoms with Gasteiger partial charge in [0.25, 0.3) is 11.6 Å². The molecule has 8 nitrogen and oxygen atoms in total. The fraction of sp³-hybridized carbons (Fsp3) is 0.500. The smallest absolute Gasteiger partial charge is 0.288 e. The summed E-state index contributed by atoms with van der Waals surface area (Å²) in [5, 5.41) is 20.1. The van der Waals surface area contributed by atoms with E-state index in [2.05, 4.69) is 4.98 Å². The zero-order valence-corrected chi connectivity index (χ0v) is 10.9. The van der Waals surface area contributed by atoms with Crippen molar-refractivity contribution in [3.05, 3.63) is 27.9 Å². The van der Waals surface area contributed by atoms with Crippen LogP contribution in [0.2, 0.25) is 0 Å². The molecule has 2 heterocycles. The zero-order valence-electron chi connectivity index (χ0n) is 10.9. The van der Waals surface area contributed by atoms with Crippen LogP contribution in [-0.2, 0) is 0 Å². The number of amides is 1. The van der Waals surface area contributed by atoms with Crippen LogP contribution in [0.1, 0.15) is 29.6 Å². The van der Waals surface area contributed by atoms with Crippen LogP contribution >= 0.6 is 0 Å². The minimum atomic E-state index is -0.622. The van der Waals surface area contributed by atoms with Gasteiger partial charge in [-0.1, -0.05) is 0 Å². The van der Waals surface area contributed by atoms with Gasteiger partial charge in [0, 0.05) is 12.6 Å². The number of likely N-dealkylation sites (tertiary alicyclic amines) is 1. The number of carbonyl (C=O) groups excluding carboxylic acids is 1. The van der Waals surface area contributed by atoms with Crippen LogP contribution in [0.25, 0.3) is 0 Å². The maximum Gasteiger partial charge on any atom is 0.288 e. The Bertz CT molecular complexity index is 534. The molecule has 0 saturated carbocycles. The van der Waals surface area contributed by atoms with Crippen LogP contribution in [0.15, 0.2) is 12.3 Å². The first-order valence-electron chi connectivity index (χ1n) is 6.36. The monoisotopic (exact) mass is 280 g/mol. The summed E-state index contributed by atoms with van der Waals surface area (Å²) in [5.41, 5.74) is 5.38. The minimum absolute atomic E-state index is 0.0135. The van der Waals surface area contributed by atoms with Gasteiger partial charge in [-0.05, 0) is 19.3 Å². The van der Waals surface area contributed by atoms with Crippen LogP contribution < -0.4 is 5.73 Å². The highest BCUT2D eigenvalue weighted by Gasteiger charge is 2.29. The maximum absolute atomic E-state index is 12.4. The number of aliphatic hydroxyl groups is 1. The normalized spacial score (nSPS) is 18.9. The number of rotatable bonds is 3. The highest BCUT2D eigenvalue weighted by atomic mass is 16.6. The van der Waals surface area contributed by atoms with E-state index in [1.54, 1.807) is 0 Å². The predicted molar refractivity (Wildman–Crippen MR) is 71.1 cm³/mol. The molecule has 8 heteroatoms. The highest BCUT2D eigenvalue weighted by Crippen LogP contribution is 2.23. The number of aliphatic hydroxyl groups excluding tert-OH is 1. The molecule has 0 radical (unpaired) electrons. The van der Waals surface area contributed by atoms with Crippen LogP contribution in [0.4, 0.5) is 11.5 Å². The van der Waals surface area contributed by atoms with Crippen molar-refractivity contribution < 1.29 is 14.8 Å². The number of anilines is 1. The first-order chi connectivity index (χ1) is 9.54. The molecule has 20 heavy (non-hydrogen) atoms. The second-order valence-electron chi connectivity index (χ2n) is 4.71. The van der Waals surface area contributed by atoms with Gasteiger partial charge < -0.3 is 15.7 Å². The molecule has 108 valence electrons. The number of aromatic nitrogens is 1. The molecular weight excluding hydrogens is 264 g/mol. The van der Waals surface area contributed by atoms with Gasteiger partial charge in [-0.25, -0.2) is 4.98 Å². The van der Waals surface area contributed by atoms with Crippen molar-refractivity contribution in [3.63, 3.8) is 0 Å². The summed E-state index contributed by atoms with van der Waals surface area (Å²) >= 11 is 0. The molecule has 0 aliphatic carbocycles. The maximum atomic E-state index is 12.4. The number of nitrogens with zero attached hydrogens (tertiary/aromatic N) is 3. The van der Waals surface area contributed by atoms with E-state index in [9.17, 15) is 20.0 Å². The zero-order chi connectivity index (χ0) is 14.7. The van der Waals surface area contributed by atoms with E-state index < -0.39 is 10.8 Å². The number of nitrogens with two attached hydrogens (primary N) is 1. The lowest BCUT2D eigenvalue weighted by Gasteiger charge is -2.34. The van der Waals surface area contributed by atoms with Crippen LogP contribution in [-0.4, -0.2) is 45.0 Å². The molecule has 0 aromatic carbocycles. The average Bonchev–Trinajstić information content (AvgIpc) is 2.46. The summed E-state index contributed by atoms with van der Waals surface area (Å²) in [6.45, 7) is 0.375. The molecule has 1 saturated heterocycles. The Kier molecular flexibility index (Phi) is 4.14. The number of carbonyl (C=O) groups is 1. The van der Waals surface area contributed by atoms with Gasteiger partial charge in [-0.3, -0.25) is 14.9 Å². The molecule has 0 bridgehead atoms. The van der Waals surface area contributed by atoms with E-state index in [0.717, 1.165) is 25.1 Å². The fourth-order valence-electron chi connectivity index (χ4n) is 2.35. The third-order valence-corrected chi connectivity index (χ3v) is 3.44. The van der Waals surface area contributed by atoms with Gasteiger partial charge in [0.15, 0.2) is 0 Å². The molecule has 2 rings (SSSR count). The lowest BCUT2D eigenvalue weighted by Crippen LogP contribution is -2.45. The fourth-order valence-corrected chi connectivity index (χ4v) is 2.35. The molecule has 1 aliphatic heterocycles. The van der Waals surface area contributed by atoms with Gasteiger partial charge in [0.05, 0.1) is 23.1 Å². The SMILES string of the molecule is Nc1ncc([N+](=O)[O-])cc1C(=O)N1CCCCC1CO. The van der Waals surface area contributed by atoms with E-state index in [1.807, 2.05) is 0 Å². The summed E-state index contributed by atoms with van der Waals surface area (Å²) in [4.78, 5) is 27.8. The minimum Gasteiger partial charge on any atom is -0.394 e. The Morgan fingerprint density at radius 1 is 1.60 bits per heavy atom. The lowest BCUT2D eigenvalue weighted by atomic mass is 10.0. The van der Waals surface area contributed by atoms with Gasteiger partial charge in [0.1, 0.15) is 12.0 Å². The Hall–Kier alpha value is -2.22. The molecule has 1 aliphatic rings. The quantitative estimate of drug-likeness (QED) is 0.616. The molecule has 1 atom stereocenters. The predicted octanol–water partition coefficient (Wildman–Crippen LogP) is 0.559. The van der Waals surface area contributed by atoms with Crippen molar-refractivity contribution in [2.45, 2.75) is 25.3 Å². The molecule has 1 amide bonds. The number of pyridine rings is 1. The van der Waals surface area contributed by atoms with E-state index >= 15 is 0 Å². The summed E-state index contributed by atoms with van der Waals surface area (Å²) in [7, 11) is 0. The van der Waals surface area contributed by atoms with E-state index in [4.69, 9.17) is 5.73 Å². The molecule has 1 unspecified atom stereocenters. The molecular formula is C12H16N4O4. The highest BCUT2D eigenvalue weighted by molar-refractivity contribution is 5.99. The van der Waals surface area contributed by atoms with Crippen LogP contribution in [0.3, 0.4) is 0 Å². The molecule has 1 aromatic heterocycles. The number of hydrogen-bond acceptors (Lipinski definition) is 6. The summed E-state index contributed by atoms with van der Waals surface area (Å²) in [6, 6.07) is 0.864. The van der Waals surface area contributed by atoms with Crippen LogP contribution in [0.5, 0.6) is 0 Å². The standard InChI is InChI=1S/C12H16N4O4/c13-11-10(5-9(6-14-11)16(19)20)12(18)15-4-2-1-3-8(15)7-17/h5-6,8,17H,1-4,7H2,(H2,13,14). The Morgan fingerprint density at radius 3 is 3.00 bits per heavy atom. The largest absolute Gasteiger partial charge is 0.394 e. The van der Waals surface area contributed by atoms with E-state index in [-0.39, 0.29) is 29.7 Å². The molecule has 0 spiro atoms. The Morgan fingerprint density at radius 2 is 2.35 bits per heavy atom. The molecule has 1 fully saturated rings. The first-order valence-corrected chi connectivity index (χ1v) is 6.36. The van der Waals surface area contributed by atoms with Gasteiger partial charge in [-0.2, -0.15) is 0 Å². The van der Waals surface area contributed by atoms with Gasteiger partial charge >= 0.3 is 0 Å². The third-order valence-electron chi connectivity index (χ3n) is 3.44. The number of nitrogen functional groups attached to an aromatic ring is 1. The second kappa shape index (κ2) is 5.83.